The van der Waals surface area contributed by atoms with Crippen LogP contribution >= 0.6 is 0 Å². The van der Waals surface area contributed by atoms with Crippen molar-refractivity contribution in [1.82, 2.24) is 4.98 Å². The summed E-state index contributed by atoms with van der Waals surface area (Å²) in [7, 11) is 0. The fourth-order valence-electron chi connectivity index (χ4n) is 3.35. The summed E-state index contributed by atoms with van der Waals surface area (Å²) in [5, 5.41) is 5.94. The third-order valence-electron chi connectivity index (χ3n) is 4.61. The van der Waals surface area contributed by atoms with E-state index in [0.717, 1.165) is 28.2 Å². The molecular weight excluding hydrogens is 312 g/mol. The summed E-state index contributed by atoms with van der Waals surface area (Å²) in [6, 6.07) is 22.6. The first-order chi connectivity index (χ1) is 12.4. The Kier molecular flexibility index (Phi) is 3.27. The predicted molar refractivity (Wildman–Crippen MR) is 101 cm³/mol. The molecule has 0 saturated carbocycles. The highest BCUT2D eigenvalue weighted by molar-refractivity contribution is 6.08. The lowest BCUT2D eigenvalue weighted by Gasteiger charge is -2.26. The molecule has 3 aromatic carbocycles. The summed E-state index contributed by atoms with van der Waals surface area (Å²) >= 11 is 0. The van der Waals surface area contributed by atoms with Gasteiger partial charge in [-0.1, -0.05) is 30.3 Å². The third-order valence-corrected chi connectivity index (χ3v) is 4.61. The van der Waals surface area contributed by atoms with Gasteiger partial charge < -0.3 is 19.8 Å². The predicted octanol–water partition coefficient (Wildman–Crippen LogP) is 4.57. The minimum Gasteiger partial charge on any atom is -0.486 e. The third kappa shape index (κ3) is 2.56. The Hall–Kier alpha value is -3.14. The summed E-state index contributed by atoms with van der Waals surface area (Å²) in [6.07, 6.45) is -0.00596. The number of hydrogen-bond acceptors (Lipinski definition) is 3. The number of nitrogens with one attached hydrogen (secondary N) is 2. The second-order valence-electron chi connectivity index (χ2n) is 6.31. The number of aromatic amines is 1. The Morgan fingerprint density at radius 3 is 2.64 bits per heavy atom. The summed E-state index contributed by atoms with van der Waals surface area (Å²) < 4.78 is 11.8. The number of fused-ring (bicyclic) bond motifs is 4. The first kappa shape index (κ1) is 14.2. The molecule has 1 atom stereocenters. The van der Waals surface area contributed by atoms with Gasteiger partial charge in [0.2, 0.25) is 0 Å². The van der Waals surface area contributed by atoms with Crippen molar-refractivity contribution < 1.29 is 9.47 Å². The average molecular weight is 330 g/mol. The average Bonchev–Trinajstić information content (AvgIpc) is 3.04. The second kappa shape index (κ2) is 5.74. The van der Waals surface area contributed by atoms with Crippen LogP contribution in [0.15, 0.2) is 66.7 Å². The highest BCUT2D eigenvalue weighted by Gasteiger charge is 2.20. The van der Waals surface area contributed by atoms with Crippen LogP contribution in [0.4, 0.5) is 5.69 Å². The highest BCUT2D eigenvalue weighted by Crippen LogP contribution is 2.31. The van der Waals surface area contributed by atoms with Crippen LogP contribution in [0.2, 0.25) is 0 Å². The van der Waals surface area contributed by atoms with Crippen molar-refractivity contribution in [1.29, 1.82) is 0 Å². The van der Waals surface area contributed by atoms with E-state index in [1.807, 2.05) is 24.3 Å². The van der Waals surface area contributed by atoms with Gasteiger partial charge in [0, 0.05) is 27.5 Å². The van der Waals surface area contributed by atoms with Crippen molar-refractivity contribution in [3.8, 4) is 11.5 Å². The van der Waals surface area contributed by atoms with Gasteiger partial charge in [-0.3, -0.25) is 0 Å². The van der Waals surface area contributed by atoms with Crippen molar-refractivity contribution in [2.75, 3.05) is 18.5 Å². The number of benzene rings is 3. The fraction of sp³-hybridized carbons (Fsp3) is 0.143. The van der Waals surface area contributed by atoms with Crippen molar-refractivity contribution in [2.24, 2.45) is 0 Å². The SMILES string of the molecule is c1ccc2c(c1)OCC(CNc1ccc3[nH]c4ccccc4c3c1)O2. The number of ether oxygens (including phenoxy) is 2. The zero-order valence-electron chi connectivity index (χ0n) is 13.7. The molecule has 4 heteroatoms. The molecule has 2 heterocycles. The van der Waals surface area contributed by atoms with E-state index >= 15 is 0 Å². The van der Waals surface area contributed by atoms with E-state index in [9.17, 15) is 0 Å². The van der Waals surface area contributed by atoms with E-state index in [1.165, 1.54) is 10.8 Å². The molecule has 0 fully saturated rings. The molecule has 5 rings (SSSR count). The molecule has 0 saturated heterocycles. The number of H-pyrrole nitrogens is 1. The van der Waals surface area contributed by atoms with Gasteiger partial charge in [0.15, 0.2) is 11.5 Å². The van der Waals surface area contributed by atoms with Crippen molar-refractivity contribution in [3.63, 3.8) is 0 Å². The standard InChI is InChI=1S/C21H18N2O2/c1-2-6-18-16(5-1)17-11-14(9-10-19(17)23-18)22-12-15-13-24-20-7-3-4-8-21(20)25-15/h1-11,15,22-23H,12-13H2. The van der Waals surface area contributed by atoms with E-state index in [4.69, 9.17) is 9.47 Å². The fourth-order valence-corrected chi connectivity index (χ4v) is 3.35. The number of aromatic nitrogens is 1. The molecule has 1 aromatic heterocycles. The van der Waals surface area contributed by atoms with Gasteiger partial charge in [0.05, 0.1) is 6.54 Å². The Morgan fingerprint density at radius 1 is 0.880 bits per heavy atom. The molecule has 4 nitrogen and oxygen atoms in total. The van der Waals surface area contributed by atoms with Crippen LogP contribution in [-0.2, 0) is 0 Å². The minimum absolute atomic E-state index is 0.00596. The van der Waals surface area contributed by atoms with Crippen LogP contribution in [0.25, 0.3) is 21.8 Å². The van der Waals surface area contributed by atoms with Crippen LogP contribution in [0.1, 0.15) is 0 Å². The molecule has 0 aliphatic carbocycles. The summed E-state index contributed by atoms with van der Waals surface area (Å²) in [4.78, 5) is 3.45. The largest absolute Gasteiger partial charge is 0.486 e. The molecule has 0 radical (unpaired) electrons. The van der Waals surface area contributed by atoms with Gasteiger partial charge in [0.1, 0.15) is 12.7 Å². The monoisotopic (exact) mass is 330 g/mol. The maximum atomic E-state index is 6.00. The first-order valence-electron chi connectivity index (χ1n) is 8.50. The Labute approximate surface area is 145 Å². The summed E-state index contributed by atoms with van der Waals surface area (Å²) in [5.74, 6) is 1.63. The van der Waals surface area contributed by atoms with Crippen LogP contribution in [0, 0.1) is 0 Å². The van der Waals surface area contributed by atoms with Crippen molar-refractivity contribution >= 4 is 27.5 Å². The molecule has 25 heavy (non-hydrogen) atoms. The highest BCUT2D eigenvalue weighted by atomic mass is 16.6. The molecule has 0 bridgehead atoms. The number of anilines is 1. The van der Waals surface area contributed by atoms with Gasteiger partial charge in [0.25, 0.3) is 0 Å². The minimum atomic E-state index is -0.00596. The molecule has 0 spiro atoms. The molecule has 4 aromatic rings. The van der Waals surface area contributed by atoms with E-state index in [2.05, 4.69) is 52.8 Å². The van der Waals surface area contributed by atoms with E-state index < -0.39 is 0 Å². The molecule has 1 unspecified atom stereocenters. The normalized spacial score (nSPS) is 16.2. The zero-order valence-corrected chi connectivity index (χ0v) is 13.7. The lowest BCUT2D eigenvalue weighted by molar-refractivity contribution is 0.0998. The molecule has 0 amide bonds. The molecule has 124 valence electrons. The molecule has 1 aliphatic rings. The Balaban J connectivity index is 1.35. The molecular formula is C21H18N2O2. The van der Waals surface area contributed by atoms with Crippen LogP contribution in [-0.4, -0.2) is 24.2 Å². The Bertz CT molecular complexity index is 1050. The van der Waals surface area contributed by atoms with Gasteiger partial charge in [-0.25, -0.2) is 0 Å². The van der Waals surface area contributed by atoms with E-state index in [0.29, 0.717) is 13.2 Å². The maximum Gasteiger partial charge on any atom is 0.161 e. The number of para-hydroxylation sites is 3. The molecule has 1 aliphatic heterocycles. The van der Waals surface area contributed by atoms with Gasteiger partial charge in [-0.05, 0) is 36.4 Å². The Morgan fingerprint density at radius 2 is 1.68 bits per heavy atom. The maximum absolute atomic E-state index is 6.00. The lowest BCUT2D eigenvalue weighted by atomic mass is 10.1. The van der Waals surface area contributed by atoms with Crippen molar-refractivity contribution in [2.45, 2.75) is 6.10 Å². The van der Waals surface area contributed by atoms with Crippen LogP contribution in [0.5, 0.6) is 11.5 Å². The van der Waals surface area contributed by atoms with Gasteiger partial charge in [-0.15, -0.1) is 0 Å². The van der Waals surface area contributed by atoms with E-state index in [-0.39, 0.29) is 6.10 Å². The number of rotatable bonds is 3. The smallest absolute Gasteiger partial charge is 0.161 e. The van der Waals surface area contributed by atoms with Crippen molar-refractivity contribution in [3.05, 3.63) is 66.7 Å². The van der Waals surface area contributed by atoms with E-state index in [1.54, 1.807) is 0 Å². The van der Waals surface area contributed by atoms with Gasteiger partial charge >= 0.3 is 0 Å². The first-order valence-corrected chi connectivity index (χ1v) is 8.50. The quantitative estimate of drug-likeness (QED) is 0.578. The van der Waals surface area contributed by atoms with Crippen LogP contribution < -0.4 is 14.8 Å². The zero-order chi connectivity index (χ0) is 16.6. The lowest BCUT2D eigenvalue weighted by Crippen LogP contribution is -2.35. The van der Waals surface area contributed by atoms with Crippen LogP contribution in [0.3, 0.4) is 0 Å². The number of hydrogen-bond donors (Lipinski definition) is 2. The second-order valence-corrected chi connectivity index (χ2v) is 6.31. The summed E-state index contributed by atoms with van der Waals surface area (Å²) in [6.45, 7) is 1.25. The topological polar surface area (TPSA) is 46.3 Å². The molecule has 2 N–H and O–H groups in total. The van der Waals surface area contributed by atoms with Gasteiger partial charge in [-0.2, -0.15) is 0 Å². The summed E-state index contributed by atoms with van der Waals surface area (Å²) in [5.41, 5.74) is 3.40.